The van der Waals surface area contributed by atoms with Gasteiger partial charge in [-0.3, -0.25) is 4.79 Å². The van der Waals surface area contributed by atoms with Gasteiger partial charge >= 0.3 is 0 Å². The number of anilines is 1. The molecule has 1 rings (SSSR count). The van der Waals surface area contributed by atoms with Crippen LogP contribution < -0.4 is 11.1 Å². The van der Waals surface area contributed by atoms with Crippen molar-refractivity contribution in [2.24, 2.45) is 0 Å². The fraction of sp³-hybridized carbons (Fsp3) is 0.250. The number of halogens is 3. The van der Waals surface area contributed by atoms with E-state index in [1.807, 2.05) is 5.32 Å². The number of nitrogens with zero attached hydrogens (tertiary/aromatic N) is 1. The van der Waals surface area contributed by atoms with E-state index in [2.05, 4.69) is 4.98 Å². The van der Waals surface area contributed by atoms with Crippen molar-refractivity contribution >= 4 is 23.2 Å². The van der Waals surface area contributed by atoms with Gasteiger partial charge in [0, 0.05) is 0 Å². The zero-order valence-corrected chi connectivity index (χ0v) is 8.26. The number of hydrogen-bond donors (Lipinski definition) is 2. The summed E-state index contributed by atoms with van der Waals surface area (Å²) in [5.41, 5.74) is 5.59. The Morgan fingerprint density at radius 1 is 1.67 bits per heavy atom. The Balaban J connectivity index is 2.77. The lowest BCUT2D eigenvalue weighted by atomic mass is 10.2. The first-order valence-corrected chi connectivity index (χ1v) is 4.36. The standard InChI is InChI=1S/C8H8ClF2N3O/c9-7-5(1-4(12)2-13-7)8(15)14-3-6(10)11/h1-2,6H,3,12H2,(H,14,15). The highest BCUT2D eigenvalue weighted by Gasteiger charge is 2.13. The first-order valence-electron chi connectivity index (χ1n) is 3.98. The summed E-state index contributed by atoms with van der Waals surface area (Å²) in [5, 5.41) is 1.92. The van der Waals surface area contributed by atoms with Gasteiger partial charge in [-0.2, -0.15) is 0 Å². The van der Waals surface area contributed by atoms with Crippen molar-refractivity contribution in [3.63, 3.8) is 0 Å². The summed E-state index contributed by atoms with van der Waals surface area (Å²) in [6, 6.07) is 1.27. The molecule has 15 heavy (non-hydrogen) atoms. The molecule has 1 aromatic rings. The van der Waals surface area contributed by atoms with E-state index >= 15 is 0 Å². The summed E-state index contributed by atoms with van der Waals surface area (Å²) in [6.45, 7) is -0.732. The fourth-order valence-electron chi connectivity index (χ4n) is 0.889. The van der Waals surface area contributed by atoms with E-state index in [1.54, 1.807) is 0 Å². The normalized spacial score (nSPS) is 10.4. The van der Waals surface area contributed by atoms with Gasteiger partial charge in [-0.25, -0.2) is 13.8 Å². The number of amides is 1. The summed E-state index contributed by atoms with van der Waals surface area (Å²) in [5.74, 6) is -0.722. The monoisotopic (exact) mass is 235 g/mol. The first kappa shape index (κ1) is 11.6. The van der Waals surface area contributed by atoms with Crippen LogP contribution in [0.25, 0.3) is 0 Å². The van der Waals surface area contributed by atoms with Crippen LogP contribution in [0.3, 0.4) is 0 Å². The minimum Gasteiger partial charge on any atom is -0.397 e. The molecule has 0 spiro atoms. The van der Waals surface area contributed by atoms with E-state index in [9.17, 15) is 13.6 Å². The van der Waals surface area contributed by atoms with Crippen LogP contribution in [0, 0.1) is 0 Å². The molecule has 0 saturated carbocycles. The number of carbonyl (C=O) groups excluding carboxylic acids is 1. The molecule has 0 saturated heterocycles. The number of nitrogen functional groups attached to an aromatic ring is 1. The molecule has 82 valence electrons. The zero-order valence-electron chi connectivity index (χ0n) is 7.51. The van der Waals surface area contributed by atoms with Crippen LogP contribution in [0.5, 0.6) is 0 Å². The predicted molar refractivity (Wildman–Crippen MR) is 52.0 cm³/mol. The van der Waals surface area contributed by atoms with E-state index in [4.69, 9.17) is 17.3 Å². The smallest absolute Gasteiger partial charge is 0.255 e. The minimum atomic E-state index is -2.61. The molecule has 0 bridgehead atoms. The lowest BCUT2D eigenvalue weighted by Gasteiger charge is -2.05. The second-order valence-electron chi connectivity index (χ2n) is 2.71. The Labute approximate surface area is 89.4 Å². The second-order valence-corrected chi connectivity index (χ2v) is 3.07. The average molecular weight is 236 g/mol. The molecule has 0 atom stereocenters. The largest absolute Gasteiger partial charge is 0.397 e. The molecule has 0 fully saturated rings. The van der Waals surface area contributed by atoms with Gasteiger partial charge in [-0.05, 0) is 6.07 Å². The van der Waals surface area contributed by atoms with Gasteiger partial charge in [0.15, 0.2) is 0 Å². The van der Waals surface area contributed by atoms with Crippen molar-refractivity contribution in [3.8, 4) is 0 Å². The van der Waals surface area contributed by atoms with Crippen LogP contribution in [0.15, 0.2) is 12.3 Å². The molecule has 1 aromatic heterocycles. The van der Waals surface area contributed by atoms with E-state index in [-0.39, 0.29) is 16.4 Å². The number of nitrogens with two attached hydrogens (primary N) is 1. The number of alkyl halides is 2. The van der Waals surface area contributed by atoms with Gasteiger partial charge in [-0.15, -0.1) is 0 Å². The van der Waals surface area contributed by atoms with E-state index < -0.39 is 18.9 Å². The highest BCUT2D eigenvalue weighted by Crippen LogP contribution is 2.15. The van der Waals surface area contributed by atoms with Crippen molar-refractivity contribution in [1.29, 1.82) is 0 Å². The van der Waals surface area contributed by atoms with E-state index in [0.717, 1.165) is 0 Å². The highest BCUT2D eigenvalue weighted by atomic mass is 35.5. The number of rotatable bonds is 3. The van der Waals surface area contributed by atoms with Gasteiger partial charge in [0.25, 0.3) is 12.3 Å². The Morgan fingerprint density at radius 3 is 2.93 bits per heavy atom. The molecule has 0 aromatic carbocycles. The van der Waals surface area contributed by atoms with Crippen LogP contribution in [-0.4, -0.2) is 23.9 Å². The molecule has 1 heterocycles. The van der Waals surface area contributed by atoms with Gasteiger partial charge in [0.2, 0.25) is 0 Å². The van der Waals surface area contributed by atoms with E-state index in [1.165, 1.54) is 12.3 Å². The summed E-state index contributed by atoms with van der Waals surface area (Å²) >= 11 is 5.59. The number of nitrogens with one attached hydrogen (secondary N) is 1. The summed E-state index contributed by atoms with van der Waals surface area (Å²) in [7, 11) is 0. The maximum atomic E-state index is 11.8. The van der Waals surface area contributed by atoms with Crippen molar-refractivity contribution in [1.82, 2.24) is 10.3 Å². The molecule has 4 nitrogen and oxygen atoms in total. The minimum absolute atomic E-state index is 0.0164. The molecular formula is C8H8ClF2N3O. The molecule has 0 radical (unpaired) electrons. The SMILES string of the molecule is Nc1cnc(Cl)c(C(=O)NCC(F)F)c1. The molecular weight excluding hydrogens is 228 g/mol. The van der Waals surface area contributed by atoms with E-state index in [0.29, 0.717) is 0 Å². The average Bonchev–Trinajstić information content (AvgIpc) is 2.18. The van der Waals surface area contributed by atoms with Crippen LogP contribution >= 0.6 is 11.6 Å². The van der Waals surface area contributed by atoms with Crippen LogP contribution in [0.1, 0.15) is 10.4 Å². The van der Waals surface area contributed by atoms with Crippen molar-refractivity contribution in [3.05, 3.63) is 23.0 Å². The maximum absolute atomic E-state index is 11.8. The third kappa shape index (κ3) is 3.32. The quantitative estimate of drug-likeness (QED) is 0.777. The Hall–Kier alpha value is -1.43. The maximum Gasteiger partial charge on any atom is 0.255 e. The summed E-state index contributed by atoms with van der Waals surface area (Å²) < 4.78 is 23.6. The Kier molecular flexibility index (Phi) is 3.79. The third-order valence-corrected chi connectivity index (χ3v) is 1.82. The molecule has 0 aliphatic carbocycles. The van der Waals surface area contributed by atoms with Gasteiger partial charge in [-0.1, -0.05) is 11.6 Å². The van der Waals surface area contributed by atoms with Gasteiger partial charge in [0.05, 0.1) is 24.0 Å². The molecule has 1 amide bonds. The lowest BCUT2D eigenvalue weighted by Crippen LogP contribution is -2.28. The summed E-state index contributed by atoms with van der Waals surface area (Å²) in [6.07, 6.45) is -1.34. The number of carbonyl (C=O) groups is 1. The molecule has 0 aliphatic rings. The van der Waals surface area contributed by atoms with Crippen molar-refractivity contribution < 1.29 is 13.6 Å². The second kappa shape index (κ2) is 4.88. The van der Waals surface area contributed by atoms with Gasteiger partial charge < -0.3 is 11.1 Å². The molecule has 7 heteroatoms. The molecule has 0 unspecified atom stereocenters. The van der Waals surface area contributed by atoms with Crippen LogP contribution in [0.2, 0.25) is 5.15 Å². The molecule has 3 N–H and O–H groups in total. The van der Waals surface area contributed by atoms with Crippen molar-refractivity contribution in [2.75, 3.05) is 12.3 Å². The number of hydrogen-bond acceptors (Lipinski definition) is 3. The van der Waals surface area contributed by atoms with Crippen LogP contribution in [-0.2, 0) is 0 Å². The number of aromatic nitrogens is 1. The zero-order chi connectivity index (χ0) is 11.4. The number of pyridine rings is 1. The molecule has 0 aliphatic heterocycles. The topological polar surface area (TPSA) is 68.0 Å². The Bertz CT molecular complexity index is 373. The lowest BCUT2D eigenvalue weighted by molar-refractivity contribution is 0.0891. The third-order valence-electron chi connectivity index (χ3n) is 1.52. The summed E-state index contributed by atoms with van der Waals surface area (Å²) in [4.78, 5) is 14.9. The highest BCUT2D eigenvalue weighted by molar-refractivity contribution is 6.32. The van der Waals surface area contributed by atoms with Crippen LogP contribution in [0.4, 0.5) is 14.5 Å². The predicted octanol–water partition coefficient (Wildman–Crippen LogP) is 1.31. The fourth-order valence-corrected chi connectivity index (χ4v) is 1.08. The van der Waals surface area contributed by atoms with Crippen molar-refractivity contribution in [2.45, 2.75) is 6.43 Å². The van der Waals surface area contributed by atoms with Gasteiger partial charge in [0.1, 0.15) is 5.15 Å². The first-order chi connectivity index (χ1) is 7.00. The Morgan fingerprint density at radius 2 is 2.33 bits per heavy atom.